The molecule has 5 nitrogen and oxygen atoms in total. The van der Waals surface area contributed by atoms with Gasteiger partial charge < -0.3 is 19.7 Å². The molecule has 0 saturated carbocycles. The normalized spacial score (nSPS) is 19.9. The highest BCUT2D eigenvalue weighted by Crippen LogP contribution is 2.39. The van der Waals surface area contributed by atoms with Crippen molar-refractivity contribution in [3.8, 4) is 0 Å². The maximum Gasteiger partial charge on any atom is 0.492 e. The van der Waals surface area contributed by atoms with Gasteiger partial charge in [-0.25, -0.2) is 0 Å². The monoisotopic (exact) mass is 337 g/mol. The number of nitrogens with one attached hydrogen (secondary N) is 1. The molecular formula is C16H24BNO4S. The maximum atomic E-state index is 11.3. The summed E-state index contributed by atoms with van der Waals surface area (Å²) >= 11 is 1.50. The molecule has 1 aromatic heterocycles. The highest BCUT2D eigenvalue weighted by atomic mass is 32.1. The van der Waals surface area contributed by atoms with E-state index in [1.807, 2.05) is 45.9 Å². The van der Waals surface area contributed by atoms with Gasteiger partial charge in [-0.05, 0) is 51.4 Å². The van der Waals surface area contributed by atoms with Crippen molar-refractivity contribution in [3.63, 3.8) is 0 Å². The first kappa shape index (κ1) is 18.2. The summed E-state index contributed by atoms with van der Waals surface area (Å²) in [4.78, 5) is 13.2. The van der Waals surface area contributed by atoms with Crippen LogP contribution in [0.4, 0.5) is 0 Å². The molecule has 23 heavy (non-hydrogen) atoms. The van der Waals surface area contributed by atoms with Crippen LogP contribution in [0.3, 0.4) is 0 Å². The van der Waals surface area contributed by atoms with E-state index in [9.17, 15) is 9.90 Å². The Morgan fingerprint density at radius 2 is 1.91 bits per heavy atom. The third-order valence-electron chi connectivity index (χ3n) is 4.26. The number of carbonyl (C=O) groups excluding carboxylic acids is 1. The fourth-order valence-corrected chi connectivity index (χ4v) is 3.01. The molecule has 1 saturated heterocycles. The van der Waals surface area contributed by atoms with Crippen LogP contribution in [0, 0.1) is 0 Å². The summed E-state index contributed by atoms with van der Waals surface area (Å²) in [6.45, 7) is 9.86. The van der Waals surface area contributed by atoms with E-state index in [1.165, 1.54) is 18.3 Å². The van der Waals surface area contributed by atoms with Gasteiger partial charge in [0.05, 0.1) is 17.8 Å². The van der Waals surface area contributed by atoms with Crippen molar-refractivity contribution in [2.75, 3.05) is 6.54 Å². The lowest BCUT2D eigenvalue weighted by Gasteiger charge is -2.32. The molecule has 126 valence electrons. The first-order chi connectivity index (χ1) is 10.6. The van der Waals surface area contributed by atoms with Crippen molar-refractivity contribution >= 4 is 30.4 Å². The average Bonchev–Trinajstić information content (AvgIpc) is 2.97. The van der Waals surface area contributed by atoms with Crippen molar-refractivity contribution in [1.82, 2.24) is 5.32 Å². The van der Waals surface area contributed by atoms with Gasteiger partial charge in [-0.3, -0.25) is 4.79 Å². The van der Waals surface area contributed by atoms with Gasteiger partial charge in [-0.15, -0.1) is 11.3 Å². The molecule has 1 amide bonds. The van der Waals surface area contributed by atoms with Crippen LogP contribution >= 0.6 is 11.3 Å². The number of aliphatic hydroxyl groups excluding tert-OH is 1. The topological polar surface area (TPSA) is 67.8 Å². The molecule has 2 N–H and O–H groups in total. The molecule has 0 bridgehead atoms. The molecule has 0 spiro atoms. The Hall–Kier alpha value is -1.15. The third kappa shape index (κ3) is 4.23. The van der Waals surface area contributed by atoms with Crippen LogP contribution in [-0.2, 0) is 20.7 Å². The summed E-state index contributed by atoms with van der Waals surface area (Å²) in [6.07, 6.45) is 1.96. The van der Waals surface area contributed by atoms with Crippen LogP contribution in [0.25, 0.3) is 6.08 Å². The van der Waals surface area contributed by atoms with E-state index in [0.29, 0.717) is 6.54 Å². The fourth-order valence-electron chi connectivity index (χ4n) is 2.16. The maximum absolute atomic E-state index is 11.3. The summed E-state index contributed by atoms with van der Waals surface area (Å²) < 4.78 is 12.2. The highest BCUT2D eigenvalue weighted by molar-refractivity contribution is 7.12. The van der Waals surface area contributed by atoms with E-state index in [4.69, 9.17) is 9.31 Å². The van der Waals surface area contributed by atoms with Gasteiger partial charge in [-0.2, -0.15) is 0 Å². The van der Waals surface area contributed by atoms with Gasteiger partial charge in [0.25, 0.3) is 0 Å². The zero-order valence-corrected chi connectivity index (χ0v) is 15.1. The number of hydrogen-bond donors (Lipinski definition) is 2. The predicted molar refractivity (Wildman–Crippen MR) is 93.0 cm³/mol. The van der Waals surface area contributed by atoms with Gasteiger partial charge in [0.15, 0.2) is 0 Å². The van der Waals surface area contributed by atoms with Gasteiger partial charge in [0, 0.05) is 23.2 Å². The zero-order chi connectivity index (χ0) is 17.3. The number of aliphatic hydroxyl groups is 1. The van der Waals surface area contributed by atoms with E-state index in [-0.39, 0.29) is 12.5 Å². The second-order valence-electron chi connectivity index (χ2n) is 6.68. The standard InChI is InChI=1S/C16H24BNO4S/c1-11(20)18-9-12(8-13-6-7-14(10-19)23-13)17-21-15(2,3)16(4,5)22-17/h6-8,19H,9-10H2,1-5H3,(H,18,20). The Morgan fingerprint density at radius 3 is 2.39 bits per heavy atom. The fraction of sp³-hybridized carbons (Fsp3) is 0.562. The van der Waals surface area contributed by atoms with Gasteiger partial charge >= 0.3 is 7.12 Å². The SMILES string of the molecule is CC(=O)NCC(=Cc1ccc(CO)s1)B1OC(C)(C)C(C)(C)O1. The molecule has 0 radical (unpaired) electrons. The first-order valence-electron chi connectivity index (χ1n) is 7.65. The third-order valence-corrected chi connectivity index (χ3v) is 5.28. The molecule has 1 aromatic rings. The molecule has 0 unspecified atom stereocenters. The van der Waals surface area contributed by atoms with Crippen molar-refractivity contribution in [3.05, 3.63) is 27.4 Å². The van der Waals surface area contributed by atoms with Gasteiger partial charge in [0.1, 0.15) is 0 Å². The van der Waals surface area contributed by atoms with E-state index in [0.717, 1.165) is 15.2 Å². The molecule has 0 aromatic carbocycles. The summed E-state index contributed by atoms with van der Waals surface area (Å²) in [7, 11) is -0.508. The molecule has 7 heteroatoms. The molecular weight excluding hydrogens is 313 g/mol. The number of carbonyl (C=O) groups is 1. The van der Waals surface area contributed by atoms with Crippen LogP contribution in [-0.4, -0.2) is 35.9 Å². The van der Waals surface area contributed by atoms with Crippen LogP contribution in [0.5, 0.6) is 0 Å². The van der Waals surface area contributed by atoms with Gasteiger partial charge in [0.2, 0.25) is 5.91 Å². The van der Waals surface area contributed by atoms with Gasteiger partial charge in [-0.1, -0.05) is 0 Å². The van der Waals surface area contributed by atoms with Crippen molar-refractivity contribution in [2.24, 2.45) is 0 Å². The predicted octanol–water partition coefficient (Wildman–Crippen LogP) is 2.39. The Bertz CT molecular complexity index is 593. The van der Waals surface area contributed by atoms with Crippen LogP contribution in [0.15, 0.2) is 17.6 Å². The van der Waals surface area contributed by atoms with Crippen LogP contribution in [0.2, 0.25) is 0 Å². The number of amides is 1. The molecule has 1 aliphatic heterocycles. The second-order valence-corrected chi connectivity index (χ2v) is 7.88. The van der Waals surface area contributed by atoms with E-state index >= 15 is 0 Å². The molecule has 1 aliphatic rings. The average molecular weight is 337 g/mol. The van der Waals surface area contributed by atoms with Crippen LogP contribution in [0.1, 0.15) is 44.4 Å². The second kappa shape index (κ2) is 6.77. The Kier molecular flexibility index (Phi) is 5.35. The Balaban J connectivity index is 2.26. The Labute approximate surface area is 141 Å². The minimum absolute atomic E-state index is 0.0238. The number of hydrogen-bond acceptors (Lipinski definition) is 5. The van der Waals surface area contributed by atoms with E-state index < -0.39 is 18.3 Å². The minimum Gasteiger partial charge on any atom is -0.400 e. The highest BCUT2D eigenvalue weighted by Gasteiger charge is 2.52. The lowest BCUT2D eigenvalue weighted by Crippen LogP contribution is -2.41. The summed E-state index contributed by atoms with van der Waals surface area (Å²) in [5.74, 6) is -0.102. The summed E-state index contributed by atoms with van der Waals surface area (Å²) in [5, 5.41) is 12.0. The number of thiophene rings is 1. The molecule has 0 atom stereocenters. The van der Waals surface area contributed by atoms with Crippen molar-refractivity contribution in [2.45, 2.75) is 52.4 Å². The lowest BCUT2D eigenvalue weighted by atomic mass is 9.77. The quantitative estimate of drug-likeness (QED) is 0.810. The lowest BCUT2D eigenvalue weighted by molar-refractivity contribution is -0.118. The molecule has 1 fully saturated rings. The van der Waals surface area contributed by atoms with Crippen LogP contribution < -0.4 is 5.32 Å². The summed E-state index contributed by atoms with van der Waals surface area (Å²) in [5.41, 5.74) is -0.0117. The summed E-state index contributed by atoms with van der Waals surface area (Å²) in [6, 6.07) is 3.83. The zero-order valence-electron chi connectivity index (χ0n) is 14.3. The number of rotatable bonds is 5. The Morgan fingerprint density at radius 1 is 1.30 bits per heavy atom. The van der Waals surface area contributed by atoms with E-state index in [1.54, 1.807) is 0 Å². The minimum atomic E-state index is -0.508. The van der Waals surface area contributed by atoms with Crippen molar-refractivity contribution < 1.29 is 19.2 Å². The smallest absolute Gasteiger partial charge is 0.400 e. The largest absolute Gasteiger partial charge is 0.492 e. The molecule has 0 aliphatic carbocycles. The van der Waals surface area contributed by atoms with Crippen molar-refractivity contribution in [1.29, 1.82) is 0 Å². The first-order valence-corrected chi connectivity index (χ1v) is 8.46. The molecule has 2 heterocycles. The van der Waals surface area contributed by atoms with E-state index in [2.05, 4.69) is 5.32 Å². The molecule has 2 rings (SSSR count).